The van der Waals surface area contributed by atoms with Crippen molar-refractivity contribution in [2.45, 2.75) is 50.5 Å². The van der Waals surface area contributed by atoms with Crippen molar-refractivity contribution in [1.29, 1.82) is 0 Å². The number of hydrazone groups is 1. The molecule has 2 aromatic rings. The monoisotopic (exact) mass is 470 g/mol. The van der Waals surface area contributed by atoms with Gasteiger partial charge in [0.05, 0.1) is 23.4 Å². The second kappa shape index (κ2) is 8.95. The largest absolute Gasteiger partial charge is 0.495 e. The summed E-state index contributed by atoms with van der Waals surface area (Å²) in [7, 11) is -2.27. The van der Waals surface area contributed by atoms with Gasteiger partial charge in [-0.05, 0) is 62.1 Å². The van der Waals surface area contributed by atoms with Gasteiger partial charge in [-0.15, -0.1) is 0 Å². The lowest BCUT2D eigenvalue weighted by Gasteiger charge is -2.25. The van der Waals surface area contributed by atoms with E-state index in [2.05, 4.69) is 15.1 Å². The molecule has 0 spiro atoms. The summed E-state index contributed by atoms with van der Waals surface area (Å²) in [6, 6.07) is 9.93. The highest BCUT2D eigenvalue weighted by molar-refractivity contribution is 7.89. The molecule has 1 saturated carbocycles. The normalized spacial score (nSPS) is 16.4. The highest BCUT2D eigenvalue weighted by Gasteiger charge is 2.30. The van der Waals surface area contributed by atoms with Gasteiger partial charge in [-0.2, -0.15) is 5.10 Å². The molecule has 174 valence electrons. The van der Waals surface area contributed by atoms with Crippen molar-refractivity contribution in [2.24, 2.45) is 5.10 Å². The molecule has 2 N–H and O–H groups in total. The first-order chi connectivity index (χ1) is 15.7. The number of hydrogen-bond acceptors (Lipinski definition) is 6. The van der Waals surface area contributed by atoms with Crippen LogP contribution in [0.5, 0.6) is 5.75 Å². The van der Waals surface area contributed by atoms with Gasteiger partial charge in [-0.25, -0.2) is 18.1 Å². The summed E-state index contributed by atoms with van der Waals surface area (Å²) in [5.41, 5.74) is 2.84. The summed E-state index contributed by atoms with van der Waals surface area (Å²) >= 11 is 0. The molecule has 1 heterocycles. The molecule has 0 atom stereocenters. The summed E-state index contributed by atoms with van der Waals surface area (Å²) in [4.78, 5) is 25.6. The van der Waals surface area contributed by atoms with E-state index in [-0.39, 0.29) is 41.1 Å². The summed E-state index contributed by atoms with van der Waals surface area (Å²) in [6.45, 7) is 3.79. The number of amides is 2. The maximum absolute atomic E-state index is 13.0. The fourth-order valence-corrected chi connectivity index (χ4v) is 4.82. The molecule has 2 amide bonds. The van der Waals surface area contributed by atoms with Crippen LogP contribution in [0.25, 0.3) is 0 Å². The number of sulfonamides is 1. The molecule has 33 heavy (non-hydrogen) atoms. The Hall–Kier alpha value is -3.24. The molecule has 1 aliphatic heterocycles. The number of benzene rings is 2. The lowest BCUT2D eigenvalue weighted by atomic mass is 10.1. The minimum atomic E-state index is -3.71. The molecule has 0 aromatic heterocycles. The van der Waals surface area contributed by atoms with Gasteiger partial charge in [0, 0.05) is 18.9 Å². The number of anilines is 2. The van der Waals surface area contributed by atoms with E-state index in [1.807, 2.05) is 32.0 Å². The van der Waals surface area contributed by atoms with E-state index in [0.717, 1.165) is 24.0 Å². The molecule has 1 fully saturated rings. The lowest BCUT2D eigenvalue weighted by Crippen LogP contribution is -2.36. The van der Waals surface area contributed by atoms with Gasteiger partial charge in [0.15, 0.2) is 0 Å². The number of carbonyl (C=O) groups excluding carboxylic acids is 2. The van der Waals surface area contributed by atoms with Crippen molar-refractivity contribution in [3.8, 4) is 5.75 Å². The van der Waals surface area contributed by atoms with Gasteiger partial charge in [0.1, 0.15) is 11.5 Å². The van der Waals surface area contributed by atoms with Crippen LogP contribution in [0.1, 0.15) is 36.8 Å². The Morgan fingerprint density at radius 2 is 1.88 bits per heavy atom. The molecular weight excluding hydrogens is 444 g/mol. The molecule has 0 radical (unpaired) electrons. The second-order valence-electron chi connectivity index (χ2n) is 8.25. The predicted octanol–water partition coefficient (Wildman–Crippen LogP) is 2.87. The van der Waals surface area contributed by atoms with Crippen LogP contribution in [-0.4, -0.2) is 39.1 Å². The summed E-state index contributed by atoms with van der Waals surface area (Å²) in [6.07, 6.45) is 1.94. The molecule has 10 heteroatoms. The van der Waals surface area contributed by atoms with E-state index in [0.29, 0.717) is 11.4 Å². The van der Waals surface area contributed by atoms with E-state index in [1.54, 1.807) is 0 Å². The fraction of sp³-hybridized carbons (Fsp3) is 0.348. The first-order valence-corrected chi connectivity index (χ1v) is 12.2. The molecule has 9 nitrogen and oxygen atoms in total. The van der Waals surface area contributed by atoms with Crippen LogP contribution < -0.4 is 19.8 Å². The van der Waals surface area contributed by atoms with E-state index in [4.69, 9.17) is 4.74 Å². The van der Waals surface area contributed by atoms with Crippen molar-refractivity contribution in [3.05, 3.63) is 47.5 Å². The lowest BCUT2D eigenvalue weighted by molar-refractivity contribution is -0.118. The Labute approximate surface area is 192 Å². The maximum Gasteiger partial charge on any atom is 0.271 e. The quantitative estimate of drug-likeness (QED) is 0.645. The summed E-state index contributed by atoms with van der Waals surface area (Å²) in [5, 5.41) is 8.29. The minimum Gasteiger partial charge on any atom is -0.495 e. The van der Waals surface area contributed by atoms with Crippen LogP contribution in [0, 0.1) is 13.8 Å². The highest BCUT2D eigenvalue weighted by atomic mass is 32.2. The number of hydrogen-bond donors (Lipinski definition) is 2. The fourth-order valence-electron chi connectivity index (χ4n) is 3.49. The third-order valence-corrected chi connectivity index (χ3v) is 7.03. The van der Waals surface area contributed by atoms with Gasteiger partial charge >= 0.3 is 0 Å². The molecular formula is C23H26N4O5S. The van der Waals surface area contributed by atoms with Gasteiger partial charge in [0.2, 0.25) is 15.9 Å². The average molecular weight is 471 g/mol. The third kappa shape index (κ3) is 5.07. The number of nitrogens with one attached hydrogen (secondary N) is 2. The van der Waals surface area contributed by atoms with E-state index in [1.165, 1.54) is 30.3 Å². The predicted molar refractivity (Wildman–Crippen MR) is 125 cm³/mol. The van der Waals surface area contributed by atoms with Crippen LogP contribution in [0.15, 0.2) is 46.4 Å². The number of carbonyl (C=O) groups is 2. The van der Waals surface area contributed by atoms with Gasteiger partial charge in [-0.3, -0.25) is 9.59 Å². The summed E-state index contributed by atoms with van der Waals surface area (Å²) < 4.78 is 33.1. The minimum absolute atomic E-state index is 0.0308. The number of rotatable bonds is 7. The van der Waals surface area contributed by atoms with Crippen LogP contribution in [0.3, 0.4) is 0 Å². The second-order valence-corrected chi connectivity index (χ2v) is 9.97. The molecule has 2 aromatic carbocycles. The number of nitrogens with zero attached hydrogens (tertiary/aromatic N) is 2. The topological polar surface area (TPSA) is 117 Å². The summed E-state index contributed by atoms with van der Waals surface area (Å²) in [5.74, 6) is -0.412. The van der Waals surface area contributed by atoms with Crippen LogP contribution in [-0.2, 0) is 19.6 Å². The zero-order valence-corrected chi connectivity index (χ0v) is 19.5. The average Bonchev–Trinajstić information content (AvgIpc) is 3.59. The van der Waals surface area contributed by atoms with Crippen LogP contribution >= 0.6 is 0 Å². The Bertz CT molecular complexity index is 1250. The molecule has 2 aliphatic rings. The Balaban J connectivity index is 1.61. The van der Waals surface area contributed by atoms with Gasteiger partial charge < -0.3 is 10.1 Å². The maximum atomic E-state index is 13.0. The van der Waals surface area contributed by atoms with Crippen molar-refractivity contribution in [1.82, 2.24) is 4.72 Å². The standard InChI is InChI=1S/C23H26N4O5S/c1-14-4-5-15(2)20(12-14)27-22(28)11-9-18(25-27)23(29)24-19-13-17(8-10-21(19)32-3)33(30,31)26-16-6-7-16/h4-5,8,10,12-13,16,26H,6-7,9,11H2,1-3H3,(H,24,29). The van der Waals surface area contributed by atoms with Crippen molar-refractivity contribution in [2.75, 3.05) is 17.4 Å². The zero-order valence-electron chi connectivity index (χ0n) is 18.7. The third-order valence-electron chi connectivity index (χ3n) is 5.52. The van der Waals surface area contributed by atoms with E-state index in [9.17, 15) is 18.0 Å². The first-order valence-electron chi connectivity index (χ1n) is 10.7. The SMILES string of the molecule is COc1ccc(S(=O)(=O)NC2CC2)cc1NC(=O)C1=NN(c2cc(C)ccc2C)C(=O)CC1. The van der Waals surface area contributed by atoms with E-state index >= 15 is 0 Å². The van der Waals surface area contributed by atoms with Crippen molar-refractivity contribution in [3.63, 3.8) is 0 Å². The van der Waals surface area contributed by atoms with Crippen LogP contribution in [0.2, 0.25) is 0 Å². The van der Waals surface area contributed by atoms with Crippen molar-refractivity contribution >= 4 is 38.9 Å². The number of methoxy groups -OCH3 is 1. The first kappa shape index (κ1) is 22.9. The number of aryl methyl sites for hydroxylation is 2. The van der Waals surface area contributed by atoms with Gasteiger partial charge in [0.25, 0.3) is 5.91 Å². The molecule has 0 unspecified atom stereocenters. The van der Waals surface area contributed by atoms with Gasteiger partial charge in [-0.1, -0.05) is 12.1 Å². The zero-order chi connectivity index (χ0) is 23.8. The molecule has 1 aliphatic carbocycles. The molecule has 0 saturated heterocycles. The van der Waals surface area contributed by atoms with E-state index < -0.39 is 15.9 Å². The highest BCUT2D eigenvalue weighted by Crippen LogP contribution is 2.30. The molecule has 4 rings (SSSR count). The number of ether oxygens (including phenoxy) is 1. The Kier molecular flexibility index (Phi) is 6.22. The Morgan fingerprint density at radius 3 is 2.58 bits per heavy atom. The Morgan fingerprint density at radius 1 is 1.12 bits per heavy atom. The van der Waals surface area contributed by atoms with Crippen molar-refractivity contribution < 1.29 is 22.7 Å². The molecule has 0 bridgehead atoms. The van der Waals surface area contributed by atoms with Crippen LogP contribution in [0.4, 0.5) is 11.4 Å². The smallest absolute Gasteiger partial charge is 0.271 e.